The van der Waals surface area contributed by atoms with Crippen molar-refractivity contribution in [2.45, 2.75) is 19.2 Å². The van der Waals surface area contributed by atoms with Crippen LogP contribution in [0.5, 0.6) is 5.75 Å². The zero-order chi connectivity index (χ0) is 26.9. The first-order valence-corrected chi connectivity index (χ1v) is 12.7. The van der Waals surface area contributed by atoms with Crippen molar-refractivity contribution in [3.63, 3.8) is 0 Å². The van der Waals surface area contributed by atoms with Crippen LogP contribution in [0.1, 0.15) is 18.1 Å². The average molecular weight is 733 g/mol. The van der Waals surface area contributed by atoms with Gasteiger partial charge in [0.1, 0.15) is 5.75 Å². The van der Waals surface area contributed by atoms with E-state index in [-0.39, 0.29) is 16.8 Å². The molecule has 4 rings (SSSR count). The molecule has 1 N–H and O–H groups in total. The van der Waals surface area contributed by atoms with Crippen molar-refractivity contribution >= 4 is 68.3 Å². The fourth-order valence-electron chi connectivity index (χ4n) is 3.37. The summed E-state index contributed by atoms with van der Waals surface area (Å²) in [5.74, 6) is -0.768. The van der Waals surface area contributed by atoms with Crippen LogP contribution in [-0.4, -0.2) is 33.1 Å². The maximum absolute atomic E-state index is 13.4. The van der Waals surface area contributed by atoms with Crippen LogP contribution in [0.25, 0.3) is 22.3 Å². The van der Waals surface area contributed by atoms with Gasteiger partial charge in [0.15, 0.2) is 11.9 Å². The van der Waals surface area contributed by atoms with Gasteiger partial charge in [-0.25, -0.2) is 9.78 Å². The predicted molar refractivity (Wildman–Crippen MR) is 149 cm³/mol. The fourth-order valence-corrected chi connectivity index (χ4v) is 5.44. The number of aliphatic carboxylic acids is 1. The molecule has 37 heavy (non-hydrogen) atoms. The summed E-state index contributed by atoms with van der Waals surface area (Å²) >= 11 is 3.99. The van der Waals surface area contributed by atoms with Gasteiger partial charge in [-0.2, -0.15) is 22.9 Å². The van der Waals surface area contributed by atoms with Crippen molar-refractivity contribution in [2.75, 3.05) is 0 Å². The molecule has 0 bridgehead atoms. The molecule has 7 nitrogen and oxygen atoms in total. The molecular formula is C25H16F3I2N3O4. The van der Waals surface area contributed by atoms with E-state index in [1.54, 1.807) is 36.4 Å². The van der Waals surface area contributed by atoms with Gasteiger partial charge in [-0.05, 0) is 94.1 Å². The zero-order valence-corrected chi connectivity index (χ0v) is 23.1. The molecule has 1 atom stereocenters. The lowest BCUT2D eigenvalue weighted by Gasteiger charge is -2.14. The summed E-state index contributed by atoms with van der Waals surface area (Å²) in [7, 11) is 0. The number of hydrogen-bond donors (Lipinski definition) is 1. The molecule has 0 radical (unpaired) electrons. The molecule has 0 unspecified atom stereocenters. The third-order valence-electron chi connectivity index (χ3n) is 5.19. The summed E-state index contributed by atoms with van der Waals surface area (Å²) in [5, 5.41) is 13.7. The summed E-state index contributed by atoms with van der Waals surface area (Å²) in [5.41, 5.74) is -0.471. The number of hydrogen-bond acceptors (Lipinski definition) is 5. The second kappa shape index (κ2) is 10.8. The monoisotopic (exact) mass is 733 g/mol. The highest BCUT2D eigenvalue weighted by Crippen LogP contribution is 2.32. The standard InChI is InChI=1S/C25H16F3I2N3O4/c1-13(24(35)36)37-21-18(29)9-14(10-19(21)30)12-31-33-22(15-5-4-6-16(11-15)25(26,27)28)32-20-8-3-2-7-17(20)23(33)34/h2-13H,1H3,(H,35,36)/t13-/m0/s1. The summed E-state index contributed by atoms with van der Waals surface area (Å²) in [6, 6.07) is 14.4. The van der Waals surface area contributed by atoms with E-state index >= 15 is 0 Å². The Morgan fingerprint density at radius 1 is 1.11 bits per heavy atom. The lowest BCUT2D eigenvalue weighted by molar-refractivity contribution is -0.144. The normalized spacial score (nSPS) is 12.7. The summed E-state index contributed by atoms with van der Waals surface area (Å²) in [6.07, 6.45) is -4.25. The van der Waals surface area contributed by atoms with E-state index in [1.807, 2.05) is 45.2 Å². The van der Waals surface area contributed by atoms with Crippen molar-refractivity contribution in [3.8, 4) is 17.1 Å². The molecule has 0 amide bonds. The Morgan fingerprint density at radius 2 is 1.78 bits per heavy atom. The maximum atomic E-state index is 13.4. The van der Waals surface area contributed by atoms with Crippen LogP contribution in [-0.2, 0) is 11.0 Å². The first-order valence-electron chi connectivity index (χ1n) is 10.6. The maximum Gasteiger partial charge on any atom is 0.416 e. The van der Waals surface area contributed by atoms with Gasteiger partial charge in [0.2, 0.25) is 0 Å². The van der Waals surface area contributed by atoms with Gasteiger partial charge in [0.05, 0.1) is 29.8 Å². The lowest BCUT2D eigenvalue weighted by atomic mass is 10.1. The molecule has 190 valence electrons. The number of aromatic nitrogens is 2. The molecule has 0 aliphatic rings. The smallest absolute Gasteiger partial charge is 0.416 e. The van der Waals surface area contributed by atoms with E-state index in [9.17, 15) is 22.8 Å². The van der Waals surface area contributed by atoms with Crippen molar-refractivity contribution in [2.24, 2.45) is 5.10 Å². The Hall–Kier alpha value is -3.01. The van der Waals surface area contributed by atoms with Crippen LogP contribution >= 0.6 is 45.2 Å². The molecule has 12 heteroatoms. The molecule has 0 aliphatic heterocycles. The van der Waals surface area contributed by atoms with Crippen LogP contribution in [0.15, 0.2) is 70.6 Å². The Balaban J connectivity index is 1.83. The SMILES string of the molecule is C[C@H](Oc1c(I)cc(C=Nn2c(-c3cccc(C(F)(F)F)c3)nc3ccccc3c2=O)cc1I)C(=O)O. The highest BCUT2D eigenvalue weighted by molar-refractivity contribution is 14.1. The minimum absolute atomic E-state index is 0.0503. The number of alkyl halides is 3. The van der Waals surface area contributed by atoms with Gasteiger partial charge in [0, 0.05) is 5.56 Å². The molecule has 0 saturated carbocycles. The van der Waals surface area contributed by atoms with Gasteiger partial charge in [-0.1, -0.05) is 24.3 Å². The van der Waals surface area contributed by atoms with E-state index in [0.29, 0.717) is 24.0 Å². The average Bonchev–Trinajstić information content (AvgIpc) is 2.85. The largest absolute Gasteiger partial charge is 0.479 e. The number of carbonyl (C=O) groups is 1. The highest BCUT2D eigenvalue weighted by atomic mass is 127. The van der Waals surface area contributed by atoms with Crippen LogP contribution in [0.2, 0.25) is 0 Å². The van der Waals surface area contributed by atoms with E-state index in [4.69, 9.17) is 9.84 Å². The molecule has 3 aromatic carbocycles. The number of ether oxygens (including phenoxy) is 1. The minimum atomic E-state index is -4.57. The zero-order valence-electron chi connectivity index (χ0n) is 18.8. The first kappa shape index (κ1) is 27.0. The quantitative estimate of drug-likeness (QED) is 0.193. The van der Waals surface area contributed by atoms with E-state index < -0.39 is 29.4 Å². The fraction of sp³-hybridized carbons (Fsp3) is 0.120. The lowest BCUT2D eigenvalue weighted by Crippen LogP contribution is -2.23. The summed E-state index contributed by atoms with van der Waals surface area (Å²) in [6.45, 7) is 1.41. The molecule has 0 fully saturated rings. The Morgan fingerprint density at radius 3 is 2.43 bits per heavy atom. The van der Waals surface area contributed by atoms with Crippen LogP contribution < -0.4 is 10.3 Å². The number of rotatable bonds is 6. The molecule has 0 aliphatic carbocycles. The molecule has 0 saturated heterocycles. The number of fused-ring (bicyclic) bond motifs is 1. The first-order chi connectivity index (χ1) is 17.5. The van der Waals surface area contributed by atoms with E-state index in [2.05, 4.69) is 10.1 Å². The van der Waals surface area contributed by atoms with Crippen molar-refractivity contribution in [1.29, 1.82) is 0 Å². The van der Waals surface area contributed by atoms with Gasteiger partial charge < -0.3 is 9.84 Å². The Kier molecular flexibility index (Phi) is 7.87. The number of benzene rings is 3. The number of carboxylic acids is 1. The molecule has 0 spiro atoms. The summed E-state index contributed by atoms with van der Waals surface area (Å²) in [4.78, 5) is 28.9. The second-order valence-electron chi connectivity index (χ2n) is 7.80. The van der Waals surface area contributed by atoms with Crippen molar-refractivity contribution in [3.05, 3.63) is 89.3 Å². The molecule has 1 aromatic heterocycles. The minimum Gasteiger partial charge on any atom is -0.479 e. The van der Waals surface area contributed by atoms with Crippen LogP contribution in [0.3, 0.4) is 0 Å². The van der Waals surface area contributed by atoms with Crippen molar-refractivity contribution < 1.29 is 27.8 Å². The van der Waals surface area contributed by atoms with Gasteiger partial charge >= 0.3 is 12.1 Å². The molecular weight excluding hydrogens is 717 g/mol. The van der Waals surface area contributed by atoms with Crippen molar-refractivity contribution in [1.82, 2.24) is 9.66 Å². The molecule has 4 aromatic rings. The van der Waals surface area contributed by atoms with E-state index in [1.165, 1.54) is 25.3 Å². The third-order valence-corrected chi connectivity index (χ3v) is 6.79. The Labute approximate surface area is 235 Å². The highest BCUT2D eigenvalue weighted by Gasteiger charge is 2.31. The number of halogens is 5. The predicted octanol–water partition coefficient (Wildman–Crippen LogP) is 6.03. The van der Waals surface area contributed by atoms with Gasteiger partial charge in [0.25, 0.3) is 5.56 Å². The number of para-hydroxylation sites is 1. The number of carboxylic acid groups (broad SMARTS) is 1. The third kappa shape index (κ3) is 5.95. The topological polar surface area (TPSA) is 93.8 Å². The van der Waals surface area contributed by atoms with E-state index in [0.717, 1.165) is 16.8 Å². The second-order valence-corrected chi connectivity index (χ2v) is 10.1. The molecule has 1 heterocycles. The number of nitrogens with zero attached hydrogens (tertiary/aromatic N) is 3. The summed E-state index contributed by atoms with van der Waals surface area (Å²) < 4.78 is 47.8. The van der Waals surface area contributed by atoms with Crippen LogP contribution in [0, 0.1) is 7.14 Å². The van der Waals surface area contributed by atoms with Crippen LogP contribution in [0.4, 0.5) is 13.2 Å². The Bertz CT molecular complexity index is 1580. The van der Waals surface area contributed by atoms with Gasteiger partial charge in [-0.3, -0.25) is 4.79 Å². The van der Waals surface area contributed by atoms with Gasteiger partial charge in [-0.15, -0.1) is 0 Å².